The van der Waals surface area contributed by atoms with Crippen molar-refractivity contribution in [2.75, 3.05) is 31.9 Å². The molecule has 1 aliphatic heterocycles. The van der Waals surface area contributed by atoms with E-state index in [1.807, 2.05) is 59.1 Å². The van der Waals surface area contributed by atoms with Crippen LogP contribution in [0, 0.1) is 0 Å². The van der Waals surface area contributed by atoms with Crippen molar-refractivity contribution < 1.29 is 13.2 Å². The molecular weight excluding hydrogens is 444 g/mol. The Balaban J connectivity index is 1.21. The molecule has 1 amide bonds. The molecule has 164 valence electrons. The number of pyridine rings is 1. The number of nitrogens with zero attached hydrogens (tertiary/aromatic N) is 4. The smallest absolute Gasteiger partial charge is 0.243 e. The van der Waals surface area contributed by atoms with Gasteiger partial charge in [-0.3, -0.25) is 9.20 Å². The Bertz CT molecular complexity index is 1390. The Morgan fingerprint density at radius 3 is 2.50 bits per heavy atom. The van der Waals surface area contributed by atoms with Gasteiger partial charge in [-0.25, -0.2) is 13.4 Å². The lowest BCUT2D eigenvalue weighted by molar-refractivity contribution is -0.129. The van der Waals surface area contributed by atoms with Gasteiger partial charge in [-0.05, 0) is 35.0 Å². The van der Waals surface area contributed by atoms with Gasteiger partial charge in [-0.15, -0.1) is 0 Å². The summed E-state index contributed by atoms with van der Waals surface area (Å²) in [6.07, 6.45) is 3.70. The van der Waals surface area contributed by atoms with Crippen molar-refractivity contribution in [3.63, 3.8) is 0 Å². The number of rotatable bonds is 5. The van der Waals surface area contributed by atoms with Crippen LogP contribution in [0.3, 0.4) is 0 Å². The molecule has 0 atom stereocenters. The number of amides is 1. The number of carbonyl (C=O) groups is 1. The highest BCUT2D eigenvalue weighted by Gasteiger charge is 2.30. The number of hydrogen-bond donors (Lipinski definition) is 0. The molecule has 4 aromatic rings. The second-order valence-corrected chi connectivity index (χ2v) is 10.5. The molecule has 32 heavy (non-hydrogen) atoms. The van der Waals surface area contributed by atoms with E-state index in [0.29, 0.717) is 13.1 Å². The fourth-order valence-electron chi connectivity index (χ4n) is 3.90. The van der Waals surface area contributed by atoms with Crippen LogP contribution in [-0.2, 0) is 14.8 Å². The molecule has 2 aromatic carbocycles. The Morgan fingerprint density at radius 2 is 1.69 bits per heavy atom. The van der Waals surface area contributed by atoms with Crippen LogP contribution in [0.5, 0.6) is 0 Å². The Kier molecular flexibility index (Phi) is 5.62. The Morgan fingerprint density at radius 1 is 0.938 bits per heavy atom. The summed E-state index contributed by atoms with van der Waals surface area (Å²) in [5, 5.41) is 2.67. The van der Waals surface area contributed by atoms with E-state index in [2.05, 4.69) is 4.98 Å². The minimum absolute atomic E-state index is 0.00886. The van der Waals surface area contributed by atoms with Gasteiger partial charge in [0.1, 0.15) is 0 Å². The third-order valence-corrected chi connectivity index (χ3v) is 8.53. The average Bonchev–Trinajstić information content (AvgIpc) is 3.25. The average molecular weight is 467 g/mol. The highest BCUT2D eigenvalue weighted by atomic mass is 32.2. The van der Waals surface area contributed by atoms with Crippen LogP contribution in [0.4, 0.5) is 0 Å². The molecule has 0 saturated carbocycles. The number of benzene rings is 2. The lowest BCUT2D eigenvalue weighted by Gasteiger charge is -2.34. The maximum Gasteiger partial charge on any atom is 0.243 e. The van der Waals surface area contributed by atoms with Gasteiger partial charge in [-0.2, -0.15) is 4.31 Å². The lowest BCUT2D eigenvalue weighted by atomic mass is 10.1. The van der Waals surface area contributed by atoms with Gasteiger partial charge in [0, 0.05) is 32.4 Å². The van der Waals surface area contributed by atoms with Gasteiger partial charge in [-0.1, -0.05) is 48.2 Å². The number of carbonyl (C=O) groups excluding carboxylic acids is 1. The van der Waals surface area contributed by atoms with E-state index >= 15 is 0 Å². The molecule has 0 bridgehead atoms. The topological polar surface area (TPSA) is 75.0 Å². The number of sulfonamides is 1. The van der Waals surface area contributed by atoms with Crippen LogP contribution >= 0.6 is 11.8 Å². The Hall–Kier alpha value is -2.88. The van der Waals surface area contributed by atoms with Gasteiger partial charge in [0.2, 0.25) is 15.9 Å². The summed E-state index contributed by atoms with van der Waals surface area (Å²) < 4.78 is 29.7. The number of hydrogen-bond acceptors (Lipinski definition) is 5. The summed E-state index contributed by atoms with van der Waals surface area (Å²) >= 11 is 1.39. The molecule has 5 rings (SSSR count). The molecule has 1 fully saturated rings. The molecule has 7 nitrogen and oxygen atoms in total. The molecule has 0 radical (unpaired) electrons. The zero-order valence-electron chi connectivity index (χ0n) is 17.3. The first-order valence-corrected chi connectivity index (χ1v) is 12.8. The first kappa shape index (κ1) is 21.0. The largest absolute Gasteiger partial charge is 0.339 e. The maximum absolute atomic E-state index is 13.1. The molecular formula is C23H22N4O3S2. The van der Waals surface area contributed by atoms with Gasteiger partial charge in [0.15, 0.2) is 5.16 Å². The maximum atomic E-state index is 13.1. The van der Waals surface area contributed by atoms with Gasteiger partial charge in [0.25, 0.3) is 0 Å². The van der Waals surface area contributed by atoms with Crippen LogP contribution in [0.15, 0.2) is 83.1 Å². The van der Waals surface area contributed by atoms with Gasteiger partial charge in [0.05, 0.1) is 22.4 Å². The fraction of sp³-hybridized carbons (Fsp3) is 0.217. The number of piperazine rings is 1. The SMILES string of the molecule is O=C(CSc1ncc2ccccn12)N1CCN(S(=O)(=O)c2ccc3ccccc3c2)CC1. The van der Waals surface area contributed by atoms with Crippen LogP contribution in [0.1, 0.15) is 0 Å². The van der Waals surface area contributed by atoms with Crippen LogP contribution in [0.25, 0.3) is 16.3 Å². The summed E-state index contributed by atoms with van der Waals surface area (Å²) in [5.41, 5.74) is 0.981. The summed E-state index contributed by atoms with van der Waals surface area (Å²) in [4.78, 5) is 19.1. The van der Waals surface area contributed by atoms with E-state index in [1.54, 1.807) is 23.2 Å². The predicted molar refractivity (Wildman–Crippen MR) is 125 cm³/mol. The molecule has 0 spiro atoms. The normalized spacial score (nSPS) is 15.4. The summed E-state index contributed by atoms with van der Waals surface area (Å²) in [6, 6.07) is 18.7. The van der Waals surface area contributed by atoms with E-state index in [9.17, 15) is 13.2 Å². The molecule has 2 aromatic heterocycles. The quantitative estimate of drug-likeness (QED) is 0.423. The summed E-state index contributed by atoms with van der Waals surface area (Å²) in [7, 11) is -3.60. The first-order chi connectivity index (χ1) is 15.5. The Labute approximate surface area is 190 Å². The monoisotopic (exact) mass is 466 g/mol. The highest BCUT2D eigenvalue weighted by Crippen LogP contribution is 2.24. The lowest BCUT2D eigenvalue weighted by Crippen LogP contribution is -2.50. The van der Waals surface area contributed by atoms with E-state index in [-0.39, 0.29) is 29.6 Å². The zero-order chi connectivity index (χ0) is 22.1. The van der Waals surface area contributed by atoms with Gasteiger partial charge >= 0.3 is 0 Å². The molecule has 0 aliphatic carbocycles. The third-order valence-electron chi connectivity index (χ3n) is 5.68. The van der Waals surface area contributed by atoms with E-state index in [4.69, 9.17) is 0 Å². The van der Waals surface area contributed by atoms with Crippen LogP contribution < -0.4 is 0 Å². The number of aromatic nitrogens is 2. The van der Waals surface area contributed by atoms with Gasteiger partial charge < -0.3 is 4.90 Å². The second kappa shape index (κ2) is 8.57. The summed E-state index contributed by atoms with van der Waals surface area (Å²) in [6.45, 7) is 1.35. The molecule has 1 saturated heterocycles. The zero-order valence-corrected chi connectivity index (χ0v) is 18.9. The van der Waals surface area contributed by atoms with E-state index in [0.717, 1.165) is 21.4 Å². The number of thioether (sulfide) groups is 1. The minimum Gasteiger partial charge on any atom is -0.339 e. The second-order valence-electron chi connectivity index (χ2n) is 7.62. The van der Waals surface area contributed by atoms with Crippen molar-refractivity contribution >= 4 is 44.0 Å². The summed E-state index contributed by atoms with van der Waals surface area (Å²) in [5.74, 6) is 0.260. The third kappa shape index (κ3) is 3.99. The van der Waals surface area contributed by atoms with E-state index < -0.39 is 10.0 Å². The molecule has 3 heterocycles. The van der Waals surface area contributed by atoms with Crippen LogP contribution in [0.2, 0.25) is 0 Å². The number of imidazole rings is 1. The first-order valence-electron chi connectivity index (χ1n) is 10.3. The standard InChI is InChI=1S/C23H22N4O3S2/c28-22(17-31-23-24-16-20-7-3-4-10-27(20)23)25-11-13-26(14-12-25)32(29,30)21-9-8-18-5-1-2-6-19(18)15-21/h1-10,15-16H,11-14,17H2. The molecule has 0 unspecified atom stereocenters. The molecule has 1 aliphatic rings. The van der Waals surface area contributed by atoms with Crippen molar-refractivity contribution in [3.8, 4) is 0 Å². The molecule has 9 heteroatoms. The van der Waals surface area contributed by atoms with E-state index in [1.165, 1.54) is 16.1 Å². The van der Waals surface area contributed by atoms with Crippen molar-refractivity contribution in [1.29, 1.82) is 0 Å². The van der Waals surface area contributed by atoms with Crippen molar-refractivity contribution in [1.82, 2.24) is 18.6 Å². The minimum atomic E-state index is -3.60. The fourth-order valence-corrected chi connectivity index (χ4v) is 6.22. The number of fused-ring (bicyclic) bond motifs is 2. The molecule has 0 N–H and O–H groups in total. The van der Waals surface area contributed by atoms with Crippen molar-refractivity contribution in [3.05, 3.63) is 73.1 Å². The highest BCUT2D eigenvalue weighted by molar-refractivity contribution is 7.99. The van der Waals surface area contributed by atoms with Crippen molar-refractivity contribution in [2.24, 2.45) is 0 Å². The van der Waals surface area contributed by atoms with Crippen LogP contribution in [-0.4, -0.2) is 64.8 Å². The van der Waals surface area contributed by atoms with Crippen molar-refractivity contribution in [2.45, 2.75) is 10.1 Å². The predicted octanol–water partition coefficient (Wildman–Crippen LogP) is 3.11.